The SMILES string of the molecule is C=C(CN=C=O)CN1CCOCC1. The van der Waals surface area contributed by atoms with Gasteiger partial charge in [-0.2, -0.15) is 0 Å². The van der Waals surface area contributed by atoms with Crippen LogP contribution in [0, 0.1) is 0 Å². The Morgan fingerprint density at radius 2 is 2.23 bits per heavy atom. The van der Waals surface area contributed by atoms with Gasteiger partial charge in [-0.05, 0) is 5.57 Å². The van der Waals surface area contributed by atoms with E-state index in [1.807, 2.05) is 0 Å². The van der Waals surface area contributed by atoms with Crippen molar-refractivity contribution in [2.24, 2.45) is 4.99 Å². The van der Waals surface area contributed by atoms with E-state index < -0.39 is 0 Å². The van der Waals surface area contributed by atoms with Crippen LogP contribution in [-0.2, 0) is 9.53 Å². The molecule has 0 amide bonds. The van der Waals surface area contributed by atoms with Crippen molar-refractivity contribution in [2.75, 3.05) is 39.4 Å². The van der Waals surface area contributed by atoms with Crippen LogP contribution in [0.15, 0.2) is 17.1 Å². The van der Waals surface area contributed by atoms with Crippen LogP contribution >= 0.6 is 0 Å². The Balaban J connectivity index is 2.21. The summed E-state index contributed by atoms with van der Waals surface area (Å²) in [5, 5.41) is 0. The molecule has 0 spiro atoms. The van der Waals surface area contributed by atoms with Crippen LogP contribution in [0.2, 0.25) is 0 Å². The van der Waals surface area contributed by atoms with Crippen molar-refractivity contribution in [3.63, 3.8) is 0 Å². The Kier molecular flexibility index (Phi) is 4.40. The minimum atomic E-state index is 0.390. The molecule has 72 valence electrons. The molecule has 1 heterocycles. The second kappa shape index (κ2) is 5.65. The molecular formula is C9H14N2O2. The summed E-state index contributed by atoms with van der Waals surface area (Å²) < 4.78 is 5.21. The molecule has 0 bridgehead atoms. The van der Waals surface area contributed by atoms with Gasteiger partial charge in [-0.15, -0.1) is 0 Å². The van der Waals surface area contributed by atoms with E-state index in [1.54, 1.807) is 0 Å². The Hall–Kier alpha value is -0.960. The molecule has 13 heavy (non-hydrogen) atoms. The molecule has 1 aliphatic rings. The van der Waals surface area contributed by atoms with E-state index in [0.717, 1.165) is 38.4 Å². The van der Waals surface area contributed by atoms with E-state index in [0.29, 0.717) is 6.54 Å². The fourth-order valence-electron chi connectivity index (χ4n) is 1.27. The van der Waals surface area contributed by atoms with Crippen molar-refractivity contribution < 1.29 is 9.53 Å². The van der Waals surface area contributed by atoms with Crippen LogP contribution in [0.1, 0.15) is 0 Å². The molecule has 4 nitrogen and oxygen atoms in total. The van der Waals surface area contributed by atoms with Crippen molar-refractivity contribution in [3.05, 3.63) is 12.2 Å². The number of nitrogens with zero attached hydrogens (tertiary/aromatic N) is 2. The van der Waals surface area contributed by atoms with E-state index >= 15 is 0 Å². The summed E-state index contributed by atoms with van der Waals surface area (Å²) >= 11 is 0. The molecule has 0 saturated carbocycles. The van der Waals surface area contributed by atoms with Gasteiger partial charge in [0.2, 0.25) is 6.08 Å². The summed E-state index contributed by atoms with van der Waals surface area (Å²) in [5.41, 5.74) is 0.949. The molecule has 0 unspecified atom stereocenters. The summed E-state index contributed by atoms with van der Waals surface area (Å²) in [5.74, 6) is 0. The van der Waals surface area contributed by atoms with Gasteiger partial charge in [0, 0.05) is 19.6 Å². The van der Waals surface area contributed by atoms with Crippen LogP contribution in [0.25, 0.3) is 0 Å². The smallest absolute Gasteiger partial charge is 0.235 e. The average Bonchev–Trinajstić information content (AvgIpc) is 2.16. The predicted octanol–water partition coefficient (Wildman–Crippen LogP) is 0.211. The van der Waals surface area contributed by atoms with Gasteiger partial charge < -0.3 is 4.74 Å². The van der Waals surface area contributed by atoms with Gasteiger partial charge in [0.1, 0.15) is 0 Å². The zero-order valence-electron chi connectivity index (χ0n) is 7.66. The number of hydrogen-bond acceptors (Lipinski definition) is 4. The summed E-state index contributed by atoms with van der Waals surface area (Å²) in [6, 6.07) is 0. The van der Waals surface area contributed by atoms with Crippen LogP contribution in [-0.4, -0.2) is 50.4 Å². The monoisotopic (exact) mass is 182 g/mol. The van der Waals surface area contributed by atoms with Gasteiger partial charge in [0.05, 0.1) is 19.8 Å². The molecule has 0 aliphatic carbocycles. The molecule has 4 heteroatoms. The molecule has 0 aromatic heterocycles. The first-order valence-electron chi connectivity index (χ1n) is 4.33. The number of isocyanates is 1. The van der Waals surface area contributed by atoms with Crippen LogP contribution < -0.4 is 0 Å². The first kappa shape index (κ1) is 10.1. The standard InChI is InChI=1S/C9H14N2O2/c1-9(6-10-8-12)7-11-2-4-13-5-3-11/h1-7H2. The van der Waals surface area contributed by atoms with E-state index in [1.165, 1.54) is 6.08 Å². The highest BCUT2D eigenvalue weighted by Gasteiger charge is 2.10. The predicted molar refractivity (Wildman–Crippen MR) is 49.4 cm³/mol. The molecule has 0 atom stereocenters. The van der Waals surface area contributed by atoms with E-state index in [-0.39, 0.29) is 0 Å². The minimum Gasteiger partial charge on any atom is -0.379 e. The first-order valence-corrected chi connectivity index (χ1v) is 4.33. The van der Waals surface area contributed by atoms with Gasteiger partial charge in [0.15, 0.2) is 0 Å². The lowest BCUT2D eigenvalue weighted by atomic mass is 10.2. The number of aliphatic imine (C=N–C) groups is 1. The second-order valence-corrected chi connectivity index (χ2v) is 3.05. The minimum absolute atomic E-state index is 0.390. The molecule has 0 aromatic rings. The third kappa shape index (κ3) is 3.99. The number of hydrogen-bond donors (Lipinski definition) is 0. The molecular weight excluding hydrogens is 168 g/mol. The van der Waals surface area contributed by atoms with Crippen molar-refractivity contribution in [1.29, 1.82) is 0 Å². The fourth-order valence-corrected chi connectivity index (χ4v) is 1.27. The highest BCUT2D eigenvalue weighted by Crippen LogP contribution is 2.01. The molecule has 0 aromatic carbocycles. The van der Waals surface area contributed by atoms with Gasteiger partial charge in [-0.1, -0.05) is 6.58 Å². The number of rotatable bonds is 4. The topological polar surface area (TPSA) is 41.9 Å². The van der Waals surface area contributed by atoms with E-state index in [2.05, 4.69) is 16.5 Å². The lowest BCUT2D eigenvalue weighted by molar-refractivity contribution is 0.0422. The van der Waals surface area contributed by atoms with Crippen molar-refractivity contribution in [3.8, 4) is 0 Å². The van der Waals surface area contributed by atoms with Crippen molar-refractivity contribution >= 4 is 6.08 Å². The maximum absolute atomic E-state index is 9.84. The molecule has 1 aliphatic heterocycles. The molecule has 0 N–H and O–H groups in total. The van der Waals surface area contributed by atoms with Gasteiger partial charge in [-0.25, -0.2) is 9.79 Å². The zero-order chi connectivity index (χ0) is 9.52. The highest BCUT2D eigenvalue weighted by atomic mass is 16.5. The summed E-state index contributed by atoms with van der Waals surface area (Å²) in [7, 11) is 0. The van der Waals surface area contributed by atoms with Gasteiger partial charge >= 0.3 is 0 Å². The largest absolute Gasteiger partial charge is 0.379 e. The molecule has 1 fully saturated rings. The lowest BCUT2D eigenvalue weighted by Crippen LogP contribution is -2.37. The number of carbonyl (C=O) groups excluding carboxylic acids is 1. The maximum atomic E-state index is 9.84. The summed E-state index contributed by atoms with van der Waals surface area (Å²) in [6.45, 7) is 8.45. The van der Waals surface area contributed by atoms with Crippen LogP contribution in [0.4, 0.5) is 0 Å². The number of ether oxygens (including phenoxy) is 1. The fraction of sp³-hybridized carbons (Fsp3) is 0.667. The third-order valence-electron chi connectivity index (χ3n) is 1.92. The Morgan fingerprint density at radius 1 is 1.54 bits per heavy atom. The first-order chi connectivity index (χ1) is 6.33. The zero-order valence-corrected chi connectivity index (χ0v) is 7.66. The second-order valence-electron chi connectivity index (χ2n) is 3.05. The Labute approximate surface area is 77.9 Å². The van der Waals surface area contributed by atoms with Gasteiger partial charge in [-0.3, -0.25) is 4.90 Å². The quantitative estimate of drug-likeness (QED) is 0.354. The van der Waals surface area contributed by atoms with Crippen molar-refractivity contribution in [2.45, 2.75) is 0 Å². The normalized spacial score (nSPS) is 17.8. The average molecular weight is 182 g/mol. The Bertz CT molecular complexity index is 216. The third-order valence-corrected chi connectivity index (χ3v) is 1.92. The van der Waals surface area contributed by atoms with Gasteiger partial charge in [0.25, 0.3) is 0 Å². The Morgan fingerprint density at radius 3 is 2.85 bits per heavy atom. The maximum Gasteiger partial charge on any atom is 0.235 e. The van der Waals surface area contributed by atoms with Crippen molar-refractivity contribution in [1.82, 2.24) is 4.90 Å². The van der Waals surface area contributed by atoms with Crippen LogP contribution in [0.5, 0.6) is 0 Å². The molecule has 1 rings (SSSR count). The lowest BCUT2D eigenvalue weighted by Gasteiger charge is -2.26. The highest BCUT2D eigenvalue weighted by molar-refractivity contribution is 5.33. The summed E-state index contributed by atoms with van der Waals surface area (Å²) in [6.07, 6.45) is 1.51. The van der Waals surface area contributed by atoms with E-state index in [4.69, 9.17) is 4.74 Å². The summed E-state index contributed by atoms with van der Waals surface area (Å²) in [4.78, 5) is 15.6. The molecule has 1 saturated heterocycles. The number of morpholine rings is 1. The molecule has 0 radical (unpaired) electrons. The van der Waals surface area contributed by atoms with Crippen LogP contribution in [0.3, 0.4) is 0 Å². The van der Waals surface area contributed by atoms with E-state index in [9.17, 15) is 4.79 Å².